The average molecular weight is 447 g/mol. The van der Waals surface area contributed by atoms with Gasteiger partial charge in [-0.3, -0.25) is 9.69 Å². The van der Waals surface area contributed by atoms with E-state index in [4.69, 9.17) is 19.2 Å². The maximum atomic E-state index is 11.9. The molecule has 0 aromatic carbocycles. The monoisotopic (exact) mass is 447 g/mol. The lowest BCUT2D eigenvalue weighted by Crippen LogP contribution is -2.64. The van der Waals surface area contributed by atoms with E-state index in [0.29, 0.717) is 5.92 Å². The number of aromatic nitrogens is 1. The smallest absolute Gasteiger partial charge is 0.475 e. The first-order chi connectivity index (χ1) is 14.6. The number of carbonyl (C=O) groups is 2. The van der Waals surface area contributed by atoms with Crippen molar-refractivity contribution in [2.45, 2.75) is 57.3 Å². The Morgan fingerprint density at radius 3 is 2.45 bits per heavy atom. The summed E-state index contributed by atoms with van der Waals surface area (Å²) in [5, 5.41) is 14.3. The molecule has 0 bridgehead atoms. The second-order valence-corrected chi connectivity index (χ2v) is 8.65. The Hall–Kier alpha value is -2.14. The number of amides is 1. The van der Waals surface area contributed by atoms with E-state index in [-0.39, 0.29) is 17.4 Å². The third-order valence-electron chi connectivity index (χ3n) is 6.00. The van der Waals surface area contributed by atoms with Crippen LogP contribution < -0.4 is 5.32 Å². The molecule has 1 unspecified atom stereocenters. The van der Waals surface area contributed by atoms with Crippen molar-refractivity contribution < 1.29 is 37.1 Å². The quantitative estimate of drug-likeness (QED) is 0.715. The molecule has 4 rings (SSSR count). The van der Waals surface area contributed by atoms with E-state index in [1.54, 1.807) is 0 Å². The molecule has 2 saturated heterocycles. The highest BCUT2D eigenvalue weighted by molar-refractivity contribution is 5.79. The van der Waals surface area contributed by atoms with Crippen LogP contribution in [0.5, 0.6) is 0 Å². The fourth-order valence-corrected chi connectivity index (χ4v) is 3.99. The molecule has 31 heavy (non-hydrogen) atoms. The fourth-order valence-electron chi connectivity index (χ4n) is 3.99. The molecule has 1 amide bonds. The van der Waals surface area contributed by atoms with E-state index < -0.39 is 12.1 Å². The molecule has 1 atom stereocenters. The van der Waals surface area contributed by atoms with Gasteiger partial charge in [0.2, 0.25) is 5.91 Å². The standard InChI is InChI=1S/C18H27N3O3.C2HF3O2/c1-13-7-16(20-24-13)9-21-11-18(12-21)6-5-14(10-23-18)8-19-17(22)15-3-2-4-15;3-2(4,5)1(6)7/h7,14-15H,2-6,8-12H2,1H3,(H,19,22);(H,6,7). The van der Waals surface area contributed by atoms with Gasteiger partial charge in [0.25, 0.3) is 0 Å². The Labute approximate surface area is 178 Å². The van der Waals surface area contributed by atoms with Crippen LogP contribution >= 0.6 is 0 Å². The average Bonchev–Trinajstić information content (AvgIpc) is 3.03. The van der Waals surface area contributed by atoms with Gasteiger partial charge in [0.05, 0.1) is 17.9 Å². The van der Waals surface area contributed by atoms with Gasteiger partial charge in [-0.15, -0.1) is 0 Å². The highest BCUT2D eigenvalue weighted by Gasteiger charge is 2.46. The molecule has 174 valence electrons. The van der Waals surface area contributed by atoms with Crippen molar-refractivity contribution in [3.8, 4) is 0 Å². The van der Waals surface area contributed by atoms with Crippen LogP contribution in [-0.4, -0.2) is 65.1 Å². The van der Waals surface area contributed by atoms with Gasteiger partial charge >= 0.3 is 12.1 Å². The molecule has 8 nitrogen and oxygen atoms in total. The fraction of sp³-hybridized carbons (Fsp3) is 0.750. The number of rotatable bonds is 5. The summed E-state index contributed by atoms with van der Waals surface area (Å²) < 4.78 is 43.0. The molecule has 1 aromatic heterocycles. The van der Waals surface area contributed by atoms with Crippen LogP contribution in [0.2, 0.25) is 0 Å². The number of hydrogen-bond donors (Lipinski definition) is 2. The molecular formula is C20H28F3N3O5. The summed E-state index contributed by atoms with van der Waals surface area (Å²) in [5.74, 6) is -0.902. The number of halogens is 3. The third-order valence-corrected chi connectivity index (χ3v) is 6.00. The van der Waals surface area contributed by atoms with Crippen LogP contribution in [0.4, 0.5) is 13.2 Å². The van der Waals surface area contributed by atoms with Crippen LogP contribution in [0, 0.1) is 18.8 Å². The van der Waals surface area contributed by atoms with E-state index in [9.17, 15) is 18.0 Å². The Balaban J connectivity index is 0.000000339. The molecule has 3 heterocycles. The van der Waals surface area contributed by atoms with Gasteiger partial charge in [-0.2, -0.15) is 13.2 Å². The zero-order valence-electron chi connectivity index (χ0n) is 17.4. The normalized spacial score (nSPS) is 23.3. The Morgan fingerprint density at radius 2 is 2.00 bits per heavy atom. The second-order valence-electron chi connectivity index (χ2n) is 8.65. The first-order valence-corrected chi connectivity index (χ1v) is 10.4. The highest BCUT2D eigenvalue weighted by Crippen LogP contribution is 2.36. The number of alkyl halides is 3. The molecule has 0 radical (unpaired) electrons. The SMILES string of the molecule is Cc1cc(CN2CC3(CCC(CNC(=O)C4CCC4)CO3)C2)no1.O=C(O)C(F)(F)F. The van der Waals surface area contributed by atoms with Crippen molar-refractivity contribution >= 4 is 11.9 Å². The maximum Gasteiger partial charge on any atom is 0.490 e. The number of likely N-dealkylation sites (tertiary alicyclic amines) is 1. The summed E-state index contributed by atoms with van der Waals surface area (Å²) in [4.78, 5) is 23.2. The lowest BCUT2D eigenvalue weighted by molar-refractivity contribution is -0.192. The lowest BCUT2D eigenvalue weighted by Gasteiger charge is -2.52. The van der Waals surface area contributed by atoms with Gasteiger partial charge in [0.1, 0.15) is 5.76 Å². The summed E-state index contributed by atoms with van der Waals surface area (Å²) in [7, 11) is 0. The zero-order valence-corrected chi connectivity index (χ0v) is 17.4. The number of nitrogens with one attached hydrogen (secondary N) is 1. The minimum atomic E-state index is -5.08. The maximum absolute atomic E-state index is 11.9. The highest BCUT2D eigenvalue weighted by atomic mass is 19.4. The van der Waals surface area contributed by atoms with Gasteiger partial charge < -0.3 is 19.7 Å². The van der Waals surface area contributed by atoms with Crippen LogP contribution in [0.1, 0.15) is 43.6 Å². The number of carbonyl (C=O) groups excluding carboxylic acids is 1. The summed E-state index contributed by atoms with van der Waals surface area (Å²) in [6.45, 7) is 6.24. The van der Waals surface area contributed by atoms with Crippen molar-refractivity contribution in [1.29, 1.82) is 0 Å². The number of carboxylic acids is 1. The largest absolute Gasteiger partial charge is 0.490 e. The summed E-state index contributed by atoms with van der Waals surface area (Å²) in [6.07, 6.45) is 0.485. The van der Waals surface area contributed by atoms with E-state index in [2.05, 4.69) is 15.4 Å². The van der Waals surface area contributed by atoms with Gasteiger partial charge in [0, 0.05) is 38.2 Å². The van der Waals surface area contributed by atoms with Crippen molar-refractivity contribution in [3.63, 3.8) is 0 Å². The van der Waals surface area contributed by atoms with Crippen molar-refractivity contribution in [3.05, 3.63) is 17.5 Å². The molecule has 3 fully saturated rings. The molecule has 3 aliphatic rings. The number of carboxylic acid groups (broad SMARTS) is 1. The molecule has 11 heteroatoms. The first-order valence-electron chi connectivity index (χ1n) is 10.4. The predicted octanol–water partition coefficient (Wildman–Crippen LogP) is 2.51. The van der Waals surface area contributed by atoms with Gasteiger partial charge in [-0.1, -0.05) is 11.6 Å². The molecule has 1 saturated carbocycles. The number of hydrogen-bond acceptors (Lipinski definition) is 6. The summed E-state index contributed by atoms with van der Waals surface area (Å²) >= 11 is 0. The molecule has 2 N–H and O–H groups in total. The molecule has 1 spiro atoms. The van der Waals surface area contributed by atoms with Gasteiger partial charge in [0.15, 0.2) is 0 Å². The van der Waals surface area contributed by atoms with Crippen molar-refractivity contribution in [2.24, 2.45) is 11.8 Å². The summed E-state index contributed by atoms with van der Waals surface area (Å²) in [6, 6.07) is 1.99. The minimum Gasteiger partial charge on any atom is -0.475 e. The van der Waals surface area contributed by atoms with Crippen LogP contribution in [-0.2, 0) is 20.9 Å². The third kappa shape index (κ3) is 6.42. The molecular weight excluding hydrogens is 419 g/mol. The molecule has 2 aliphatic heterocycles. The lowest BCUT2D eigenvalue weighted by atomic mass is 9.82. The number of ether oxygens (including phenoxy) is 1. The van der Waals surface area contributed by atoms with Crippen molar-refractivity contribution in [2.75, 3.05) is 26.2 Å². The Bertz CT molecular complexity index is 762. The van der Waals surface area contributed by atoms with E-state index in [1.807, 2.05) is 13.0 Å². The van der Waals surface area contributed by atoms with E-state index in [0.717, 1.165) is 69.9 Å². The minimum absolute atomic E-state index is 0.0350. The Morgan fingerprint density at radius 1 is 1.32 bits per heavy atom. The van der Waals surface area contributed by atoms with E-state index >= 15 is 0 Å². The topological polar surface area (TPSA) is 105 Å². The number of nitrogens with zero attached hydrogens (tertiary/aromatic N) is 2. The van der Waals surface area contributed by atoms with Gasteiger partial charge in [-0.25, -0.2) is 4.79 Å². The number of aryl methyl sites for hydroxylation is 1. The van der Waals surface area contributed by atoms with Crippen LogP contribution in [0.25, 0.3) is 0 Å². The zero-order chi connectivity index (χ0) is 22.6. The first kappa shape index (κ1) is 23.5. The van der Waals surface area contributed by atoms with Crippen molar-refractivity contribution in [1.82, 2.24) is 15.4 Å². The second kappa shape index (κ2) is 9.56. The molecule has 1 aromatic rings. The van der Waals surface area contributed by atoms with E-state index in [1.165, 1.54) is 6.42 Å². The Kier molecular flexibility index (Phi) is 7.25. The summed E-state index contributed by atoms with van der Waals surface area (Å²) in [5.41, 5.74) is 1.03. The van der Waals surface area contributed by atoms with Crippen LogP contribution in [0.3, 0.4) is 0 Å². The van der Waals surface area contributed by atoms with Gasteiger partial charge in [-0.05, 0) is 38.5 Å². The predicted molar refractivity (Wildman–Crippen MR) is 102 cm³/mol. The number of aliphatic carboxylic acids is 1. The molecule has 1 aliphatic carbocycles. The van der Waals surface area contributed by atoms with Crippen LogP contribution in [0.15, 0.2) is 10.6 Å².